The second-order valence-corrected chi connectivity index (χ2v) is 10.4. The first kappa shape index (κ1) is 23.3. The molecule has 2 aromatic carbocycles. The molecular formula is C25H30N2O5S. The first-order chi connectivity index (χ1) is 15.9. The fraction of sp³-hybridized carbons (Fsp3) is 0.440. The lowest BCUT2D eigenvalue weighted by atomic mass is 10.00. The average Bonchev–Trinajstić information content (AvgIpc) is 2.86. The number of piperidine rings is 1. The van der Waals surface area contributed by atoms with Gasteiger partial charge < -0.3 is 9.64 Å². The molecule has 0 N–H and O–H groups in total. The molecule has 1 fully saturated rings. The van der Waals surface area contributed by atoms with E-state index in [-0.39, 0.29) is 29.0 Å². The van der Waals surface area contributed by atoms with E-state index in [9.17, 15) is 18.0 Å². The molecule has 0 unspecified atom stereocenters. The van der Waals surface area contributed by atoms with E-state index in [2.05, 4.69) is 6.92 Å². The minimum Gasteiger partial charge on any atom is -0.452 e. The molecule has 8 heteroatoms. The Bertz CT molecular complexity index is 1110. The normalized spacial score (nSPS) is 18.5. The van der Waals surface area contributed by atoms with Crippen LogP contribution in [0, 0.1) is 0 Å². The van der Waals surface area contributed by atoms with Gasteiger partial charge in [-0.05, 0) is 74.4 Å². The fourth-order valence-electron chi connectivity index (χ4n) is 4.69. The fourth-order valence-corrected chi connectivity index (χ4v) is 6.23. The zero-order valence-electron chi connectivity index (χ0n) is 18.9. The van der Waals surface area contributed by atoms with E-state index in [1.165, 1.54) is 28.6 Å². The van der Waals surface area contributed by atoms with Gasteiger partial charge in [0.1, 0.15) is 0 Å². The van der Waals surface area contributed by atoms with Crippen molar-refractivity contribution in [2.75, 3.05) is 24.0 Å². The maximum Gasteiger partial charge on any atom is 0.338 e. The van der Waals surface area contributed by atoms with Gasteiger partial charge in [0.25, 0.3) is 15.9 Å². The van der Waals surface area contributed by atoms with Crippen molar-refractivity contribution in [3.8, 4) is 0 Å². The van der Waals surface area contributed by atoms with Crippen LogP contribution in [0.25, 0.3) is 0 Å². The molecule has 2 aromatic rings. The smallest absolute Gasteiger partial charge is 0.338 e. The van der Waals surface area contributed by atoms with Crippen molar-refractivity contribution in [1.29, 1.82) is 0 Å². The van der Waals surface area contributed by atoms with Gasteiger partial charge in [-0.25, -0.2) is 13.2 Å². The third-order valence-electron chi connectivity index (χ3n) is 6.49. The predicted octanol–water partition coefficient (Wildman–Crippen LogP) is 3.78. The molecule has 0 radical (unpaired) electrons. The van der Waals surface area contributed by atoms with Crippen LogP contribution in [-0.4, -0.2) is 50.9 Å². The molecule has 1 atom stereocenters. The summed E-state index contributed by atoms with van der Waals surface area (Å²) in [6, 6.07) is 13.4. The van der Waals surface area contributed by atoms with Gasteiger partial charge in [0, 0.05) is 19.1 Å². The highest BCUT2D eigenvalue weighted by molar-refractivity contribution is 7.92. The molecule has 7 nitrogen and oxygen atoms in total. The summed E-state index contributed by atoms with van der Waals surface area (Å²) < 4.78 is 33.1. The molecule has 2 aliphatic heterocycles. The summed E-state index contributed by atoms with van der Waals surface area (Å²) in [6.07, 6.45) is 5.55. The van der Waals surface area contributed by atoms with E-state index < -0.39 is 16.0 Å². The minimum absolute atomic E-state index is 0.117. The van der Waals surface area contributed by atoms with Crippen molar-refractivity contribution in [2.45, 2.75) is 56.4 Å². The number of ether oxygens (including phenoxy) is 1. The van der Waals surface area contributed by atoms with Crippen LogP contribution in [-0.2, 0) is 26.0 Å². The quantitative estimate of drug-likeness (QED) is 0.600. The van der Waals surface area contributed by atoms with Gasteiger partial charge >= 0.3 is 5.97 Å². The Morgan fingerprint density at radius 1 is 1.00 bits per heavy atom. The number of nitrogens with zero attached hydrogens (tertiary/aromatic N) is 2. The molecule has 0 aliphatic carbocycles. The Hall–Kier alpha value is -2.87. The Labute approximate surface area is 195 Å². The highest BCUT2D eigenvalue weighted by Gasteiger charge is 2.29. The third-order valence-corrected chi connectivity index (χ3v) is 8.32. The zero-order valence-corrected chi connectivity index (χ0v) is 19.7. The molecule has 1 saturated heterocycles. The number of carbonyl (C=O) groups excluding carboxylic acids is 2. The number of aryl methyl sites for hydroxylation is 1. The average molecular weight is 471 g/mol. The van der Waals surface area contributed by atoms with Crippen molar-refractivity contribution >= 4 is 27.6 Å². The van der Waals surface area contributed by atoms with E-state index in [1.54, 1.807) is 0 Å². The number of para-hydroxylation sites is 1. The maximum absolute atomic E-state index is 13.2. The number of amides is 1. The number of anilines is 1. The number of fused-ring (bicyclic) bond motifs is 1. The van der Waals surface area contributed by atoms with E-state index in [4.69, 9.17) is 4.74 Å². The van der Waals surface area contributed by atoms with E-state index in [0.717, 1.165) is 44.1 Å². The van der Waals surface area contributed by atoms with Gasteiger partial charge in [-0.3, -0.25) is 9.10 Å². The lowest BCUT2D eigenvalue weighted by molar-refractivity contribution is -0.138. The van der Waals surface area contributed by atoms with E-state index in [0.29, 0.717) is 18.8 Å². The second kappa shape index (κ2) is 9.95. The molecular weight excluding hydrogens is 440 g/mol. The van der Waals surface area contributed by atoms with Crippen LogP contribution < -0.4 is 4.31 Å². The molecule has 4 rings (SSSR count). The monoisotopic (exact) mass is 470 g/mol. The summed E-state index contributed by atoms with van der Waals surface area (Å²) in [5, 5.41) is 0. The number of likely N-dealkylation sites (tertiary alicyclic amines) is 1. The number of hydrogen-bond acceptors (Lipinski definition) is 5. The van der Waals surface area contributed by atoms with Crippen LogP contribution in [0.3, 0.4) is 0 Å². The van der Waals surface area contributed by atoms with Crippen LogP contribution in [0.5, 0.6) is 0 Å². The van der Waals surface area contributed by atoms with Crippen LogP contribution >= 0.6 is 0 Å². The molecule has 176 valence electrons. The lowest BCUT2D eigenvalue weighted by Crippen LogP contribution is -2.45. The zero-order chi connectivity index (χ0) is 23.4. The molecule has 2 heterocycles. The van der Waals surface area contributed by atoms with Crippen LogP contribution in [0.4, 0.5) is 5.69 Å². The molecule has 2 aliphatic rings. The van der Waals surface area contributed by atoms with Crippen molar-refractivity contribution < 1.29 is 22.7 Å². The molecule has 0 saturated carbocycles. The Kier molecular flexibility index (Phi) is 7.02. The first-order valence-electron chi connectivity index (χ1n) is 11.6. The first-order valence-corrected chi connectivity index (χ1v) is 13.0. The number of rotatable bonds is 6. The highest BCUT2D eigenvalue weighted by Crippen LogP contribution is 2.31. The summed E-state index contributed by atoms with van der Waals surface area (Å²) >= 11 is 0. The number of sulfonamides is 1. The van der Waals surface area contributed by atoms with Gasteiger partial charge in [-0.2, -0.15) is 0 Å². The highest BCUT2D eigenvalue weighted by atomic mass is 32.2. The molecule has 0 aromatic heterocycles. The number of esters is 1. The Morgan fingerprint density at radius 3 is 2.52 bits per heavy atom. The van der Waals surface area contributed by atoms with Crippen molar-refractivity contribution in [2.24, 2.45) is 0 Å². The van der Waals surface area contributed by atoms with Crippen LogP contribution in [0.1, 0.15) is 54.9 Å². The summed E-state index contributed by atoms with van der Waals surface area (Å²) in [7, 11) is -3.75. The maximum atomic E-state index is 13.2. The third kappa shape index (κ3) is 4.90. The van der Waals surface area contributed by atoms with Crippen molar-refractivity contribution in [1.82, 2.24) is 4.90 Å². The molecule has 0 bridgehead atoms. The predicted molar refractivity (Wildman–Crippen MR) is 126 cm³/mol. The van der Waals surface area contributed by atoms with Crippen molar-refractivity contribution in [3.63, 3.8) is 0 Å². The van der Waals surface area contributed by atoms with Gasteiger partial charge in [0.2, 0.25) is 0 Å². The second-order valence-electron chi connectivity index (χ2n) is 8.55. The molecule has 1 amide bonds. The minimum atomic E-state index is -3.75. The van der Waals surface area contributed by atoms with Gasteiger partial charge in [0.05, 0.1) is 16.1 Å². The Morgan fingerprint density at radius 2 is 1.76 bits per heavy atom. The van der Waals surface area contributed by atoms with E-state index >= 15 is 0 Å². The van der Waals surface area contributed by atoms with Crippen LogP contribution in [0.15, 0.2) is 53.4 Å². The SMILES string of the molecule is CC[C@H]1CCCCN1C(=O)COC(=O)c1ccc(S(=O)(=O)N2CCCc3ccccc32)cc1. The Balaban J connectivity index is 1.42. The summed E-state index contributed by atoms with van der Waals surface area (Å²) in [6.45, 7) is 2.86. The van der Waals surface area contributed by atoms with Crippen molar-refractivity contribution in [3.05, 3.63) is 59.7 Å². The number of benzene rings is 2. The standard InChI is InChI=1S/C25H30N2O5S/c1-2-21-10-5-6-16-26(21)24(28)18-32-25(29)20-12-14-22(15-13-20)33(30,31)27-17-7-9-19-8-3-4-11-23(19)27/h3-4,8,11-15,21H,2,5-7,9-10,16-18H2,1H3/t21-/m0/s1. The van der Waals surface area contributed by atoms with Gasteiger partial charge in [0.15, 0.2) is 6.61 Å². The van der Waals surface area contributed by atoms with Crippen LogP contribution in [0.2, 0.25) is 0 Å². The summed E-state index contributed by atoms with van der Waals surface area (Å²) in [5.41, 5.74) is 1.93. The van der Waals surface area contributed by atoms with Gasteiger partial charge in [-0.1, -0.05) is 25.1 Å². The number of carbonyl (C=O) groups is 2. The molecule has 33 heavy (non-hydrogen) atoms. The lowest BCUT2D eigenvalue weighted by Gasteiger charge is -2.35. The topological polar surface area (TPSA) is 84.0 Å². The largest absolute Gasteiger partial charge is 0.452 e. The summed E-state index contributed by atoms with van der Waals surface area (Å²) in [5.74, 6) is -0.821. The summed E-state index contributed by atoms with van der Waals surface area (Å²) in [4.78, 5) is 26.9. The number of hydrogen-bond donors (Lipinski definition) is 0. The molecule has 0 spiro atoms. The van der Waals surface area contributed by atoms with E-state index in [1.807, 2.05) is 29.2 Å². The van der Waals surface area contributed by atoms with Gasteiger partial charge in [-0.15, -0.1) is 0 Å².